The molecule has 0 aromatic heterocycles. The summed E-state index contributed by atoms with van der Waals surface area (Å²) in [6.07, 6.45) is 9.72. The number of aliphatic hydroxyl groups is 2. The molecule has 0 spiro atoms. The lowest BCUT2D eigenvalue weighted by molar-refractivity contribution is -0.0919. The summed E-state index contributed by atoms with van der Waals surface area (Å²) in [4.78, 5) is 0. The maximum absolute atomic E-state index is 10.8. The Labute approximate surface area is 147 Å². The molecule has 0 bridgehead atoms. The van der Waals surface area contributed by atoms with Crippen molar-refractivity contribution in [2.45, 2.75) is 103 Å². The SMILES string of the molecule is CCCCCCCCCCCCC(C)(CC(O)O)OS(=O)(=O)[O-].[NH4+]. The van der Waals surface area contributed by atoms with Crippen molar-refractivity contribution < 1.29 is 27.4 Å². The minimum absolute atomic E-state index is 0. The maximum Gasteiger partial charge on any atom is 0.218 e. The van der Waals surface area contributed by atoms with Crippen LogP contribution in [-0.4, -0.2) is 35.1 Å². The fourth-order valence-corrected chi connectivity index (χ4v) is 3.44. The van der Waals surface area contributed by atoms with E-state index in [2.05, 4.69) is 11.1 Å². The fraction of sp³-hybridized carbons (Fsp3) is 1.00. The summed E-state index contributed by atoms with van der Waals surface area (Å²) in [5.74, 6) is 0. The third-order valence-corrected chi connectivity index (χ3v) is 4.58. The summed E-state index contributed by atoms with van der Waals surface area (Å²) in [5.41, 5.74) is -1.35. The van der Waals surface area contributed by atoms with Gasteiger partial charge in [0.25, 0.3) is 0 Å². The Morgan fingerprint density at radius 3 is 1.75 bits per heavy atom. The van der Waals surface area contributed by atoms with Gasteiger partial charge in [-0.05, 0) is 13.3 Å². The summed E-state index contributed by atoms with van der Waals surface area (Å²) < 4.78 is 36.8. The van der Waals surface area contributed by atoms with Gasteiger partial charge >= 0.3 is 0 Å². The monoisotopic (exact) mass is 371 g/mol. The normalized spacial score (nSPS) is 14.4. The Bertz CT molecular complexity index is 388. The van der Waals surface area contributed by atoms with E-state index in [1.807, 2.05) is 0 Å². The summed E-state index contributed by atoms with van der Waals surface area (Å²) >= 11 is 0. The van der Waals surface area contributed by atoms with Gasteiger partial charge in [-0.25, -0.2) is 8.42 Å². The highest BCUT2D eigenvalue weighted by Crippen LogP contribution is 2.26. The van der Waals surface area contributed by atoms with Gasteiger partial charge < -0.3 is 20.9 Å². The number of hydrogen-bond acceptors (Lipinski definition) is 6. The van der Waals surface area contributed by atoms with Crippen molar-refractivity contribution >= 4 is 10.4 Å². The topological polar surface area (TPSA) is 143 Å². The van der Waals surface area contributed by atoms with E-state index in [0.29, 0.717) is 12.8 Å². The van der Waals surface area contributed by atoms with E-state index in [9.17, 15) is 13.0 Å². The average molecular weight is 372 g/mol. The third-order valence-electron chi connectivity index (χ3n) is 3.98. The smallest absolute Gasteiger partial charge is 0.218 e. The Balaban J connectivity index is 0. The van der Waals surface area contributed by atoms with Crippen molar-refractivity contribution in [2.75, 3.05) is 0 Å². The second kappa shape index (κ2) is 14.0. The van der Waals surface area contributed by atoms with Crippen LogP contribution < -0.4 is 6.15 Å². The van der Waals surface area contributed by atoms with Crippen molar-refractivity contribution in [1.29, 1.82) is 0 Å². The second-order valence-corrected chi connectivity index (χ2v) is 7.54. The molecule has 0 aliphatic heterocycles. The van der Waals surface area contributed by atoms with Crippen LogP contribution in [-0.2, 0) is 14.6 Å². The lowest BCUT2D eigenvalue weighted by Gasteiger charge is -2.31. The third kappa shape index (κ3) is 16.6. The van der Waals surface area contributed by atoms with Crippen LogP contribution in [0.5, 0.6) is 0 Å². The van der Waals surface area contributed by atoms with Crippen molar-refractivity contribution in [3.8, 4) is 0 Å². The van der Waals surface area contributed by atoms with Crippen molar-refractivity contribution in [1.82, 2.24) is 6.15 Å². The zero-order chi connectivity index (χ0) is 17.8. The quantitative estimate of drug-likeness (QED) is 0.174. The molecule has 0 heterocycles. The molecule has 0 saturated carbocycles. The van der Waals surface area contributed by atoms with Gasteiger partial charge in [0.15, 0.2) is 6.29 Å². The molecule has 1 unspecified atom stereocenters. The van der Waals surface area contributed by atoms with E-state index in [1.54, 1.807) is 0 Å². The molecule has 0 radical (unpaired) electrons. The molecular formula is C16H37NO6S. The number of unbranched alkanes of at least 4 members (excludes halogenated alkanes) is 9. The van der Waals surface area contributed by atoms with E-state index in [1.165, 1.54) is 45.4 Å². The minimum atomic E-state index is -4.86. The molecule has 7 nitrogen and oxygen atoms in total. The average Bonchev–Trinajstić information content (AvgIpc) is 2.37. The number of hydrogen-bond donors (Lipinski definition) is 3. The van der Waals surface area contributed by atoms with Crippen molar-refractivity contribution in [2.24, 2.45) is 0 Å². The van der Waals surface area contributed by atoms with Gasteiger partial charge in [-0.3, -0.25) is 4.18 Å². The predicted molar refractivity (Wildman–Crippen MR) is 94.5 cm³/mol. The van der Waals surface area contributed by atoms with Crippen LogP contribution in [0.25, 0.3) is 0 Å². The highest BCUT2D eigenvalue weighted by atomic mass is 32.3. The van der Waals surface area contributed by atoms with Crippen LogP contribution >= 0.6 is 0 Å². The van der Waals surface area contributed by atoms with Crippen LogP contribution in [0, 0.1) is 0 Å². The zero-order valence-corrected chi connectivity index (χ0v) is 16.3. The first-order valence-electron chi connectivity index (χ1n) is 8.71. The van der Waals surface area contributed by atoms with Gasteiger partial charge in [0.1, 0.15) is 0 Å². The molecule has 0 aromatic carbocycles. The predicted octanol–water partition coefficient (Wildman–Crippen LogP) is 3.61. The molecule has 0 fully saturated rings. The van der Waals surface area contributed by atoms with Gasteiger partial charge in [0.05, 0.1) is 5.60 Å². The first-order chi connectivity index (χ1) is 10.7. The largest absolute Gasteiger partial charge is 0.726 e. The molecule has 6 N–H and O–H groups in total. The minimum Gasteiger partial charge on any atom is -0.726 e. The molecular weight excluding hydrogens is 334 g/mol. The zero-order valence-electron chi connectivity index (χ0n) is 15.5. The molecule has 0 aliphatic carbocycles. The first kappa shape index (κ1) is 26.0. The van der Waals surface area contributed by atoms with E-state index in [-0.39, 0.29) is 12.6 Å². The molecule has 0 saturated heterocycles. The Kier molecular flexibility index (Phi) is 15.1. The molecule has 8 heteroatoms. The summed E-state index contributed by atoms with van der Waals surface area (Å²) in [7, 11) is -4.86. The second-order valence-electron chi connectivity index (χ2n) is 6.56. The number of quaternary nitrogens is 1. The Morgan fingerprint density at radius 2 is 1.38 bits per heavy atom. The van der Waals surface area contributed by atoms with E-state index >= 15 is 0 Å². The van der Waals surface area contributed by atoms with Crippen LogP contribution in [0.1, 0.15) is 90.9 Å². The fourth-order valence-electron chi connectivity index (χ4n) is 2.80. The summed E-state index contributed by atoms with van der Waals surface area (Å²) in [6, 6.07) is 0. The van der Waals surface area contributed by atoms with Crippen molar-refractivity contribution in [3.63, 3.8) is 0 Å². The highest BCUT2D eigenvalue weighted by Gasteiger charge is 2.30. The first-order valence-corrected chi connectivity index (χ1v) is 10.0. The molecule has 0 rings (SSSR count). The van der Waals surface area contributed by atoms with Crippen LogP contribution in [0.3, 0.4) is 0 Å². The maximum atomic E-state index is 10.8. The molecule has 0 aromatic rings. The molecule has 24 heavy (non-hydrogen) atoms. The van der Waals surface area contributed by atoms with Crippen LogP contribution in [0.2, 0.25) is 0 Å². The van der Waals surface area contributed by atoms with Gasteiger partial charge in [0.2, 0.25) is 10.4 Å². The lowest BCUT2D eigenvalue weighted by atomic mass is 9.94. The van der Waals surface area contributed by atoms with Crippen LogP contribution in [0.4, 0.5) is 0 Å². The summed E-state index contributed by atoms with van der Waals surface area (Å²) in [5, 5.41) is 18.0. The molecule has 0 aliphatic rings. The van der Waals surface area contributed by atoms with E-state index in [4.69, 9.17) is 10.2 Å². The molecule has 0 amide bonds. The number of aliphatic hydroxyl groups excluding tert-OH is 1. The van der Waals surface area contributed by atoms with Gasteiger partial charge in [-0.15, -0.1) is 0 Å². The summed E-state index contributed by atoms with van der Waals surface area (Å²) in [6.45, 7) is 3.63. The standard InChI is InChI=1S/C16H34O6S.H3N/c1-3-4-5-6-7-8-9-10-11-12-13-16(2,14-15(17)18)22-23(19,20)21;/h15,17-18H,3-14H2,1-2H3,(H,19,20,21);1H3. The Morgan fingerprint density at radius 1 is 0.958 bits per heavy atom. The van der Waals surface area contributed by atoms with Crippen LogP contribution in [0.15, 0.2) is 0 Å². The molecule has 148 valence electrons. The molecule has 1 atom stereocenters. The van der Waals surface area contributed by atoms with Gasteiger partial charge in [0, 0.05) is 6.42 Å². The Hall–Kier alpha value is -0.250. The van der Waals surface area contributed by atoms with Gasteiger partial charge in [-0.1, -0.05) is 71.1 Å². The highest BCUT2D eigenvalue weighted by molar-refractivity contribution is 7.80. The van der Waals surface area contributed by atoms with Gasteiger partial charge in [-0.2, -0.15) is 0 Å². The van der Waals surface area contributed by atoms with Crippen molar-refractivity contribution in [3.05, 3.63) is 0 Å². The lowest BCUT2D eigenvalue weighted by Crippen LogP contribution is -2.35. The van der Waals surface area contributed by atoms with E-state index < -0.39 is 22.3 Å². The van der Waals surface area contributed by atoms with E-state index in [0.717, 1.165) is 19.3 Å². The number of rotatable bonds is 15.